The summed E-state index contributed by atoms with van der Waals surface area (Å²) in [5.41, 5.74) is 0.906. The Bertz CT molecular complexity index is 764. The molecule has 0 spiro atoms. The maximum absolute atomic E-state index is 12.6. The minimum Gasteiger partial charge on any atom is -0.493 e. The third-order valence-electron chi connectivity index (χ3n) is 4.18. The predicted molar refractivity (Wildman–Crippen MR) is 95.6 cm³/mol. The molecule has 0 radical (unpaired) electrons. The van der Waals surface area contributed by atoms with Gasteiger partial charge >= 0.3 is 6.03 Å². The van der Waals surface area contributed by atoms with Gasteiger partial charge in [0, 0.05) is 25.6 Å². The zero-order chi connectivity index (χ0) is 19.1. The first-order chi connectivity index (χ1) is 13.2. The second-order valence-corrected chi connectivity index (χ2v) is 6.08. The third kappa shape index (κ3) is 4.88. The van der Waals surface area contributed by atoms with Crippen molar-refractivity contribution in [2.75, 3.05) is 34.0 Å². The highest BCUT2D eigenvalue weighted by Gasteiger charge is 2.21. The fourth-order valence-corrected chi connectivity index (χ4v) is 2.82. The van der Waals surface area contributed by atoms with Gasteiger partial charge in [-0.3, -0.25) is 0 Å². The van der Waals surface area contributed by atoms with E-state index in [1.807, 2.05) is 18.2 Å². The van der Waals surface area contributed by atoms with Crippen molar-refractivity contribution >= 4 is 6.03 Å². The van der Waals surface area contributed by atoms with Crippen LogP contribution in [0, 0.1) is 0 Å². The molecule has 9 nitrogen and oxygen atoms in total. The van der Waals surface area contributed by atoms with Gasteiger partial charge < -0.3 is 29.0 Å². The molecule has 1 aliphatic heterocycles. The molecular weight excluding hydrogens is 352 g/mol. The monoisotopic (exact) mass is 376 g/mol. The van der Waals surface area contributed by atoms with Gasteiger partial charge in [0.1, 0.15) is 0 Å². The summed E-state index contributed by atoms with van der Waals surface area (Å²) in [6.45, 7) is 2.23. The number of para-hydroxylation sites is 1. The Balaban J connectivity index is 1.61. The fraction of sp³-hybridized carbons (Fsp3) is 0.500. The lowest BCUT2D eigenvalue weighted by Crippen LogP contribution is -2.41. The molecule has 0 bridgehead atoms. The number of urea groups is 1. The lowest BCUT2D eigenvalue weighted by atomic mass is 10.1. The summed E-state index contributed by atoms with van der Waals surface area (Å²) in [7, 11) is 3.22. The Morgan fingerprint density at radius 3 is 3.07 bits per heavy atom. The number of carbonyl (C=O) groups is 1. The molecule has 1 aliphatic rings. The van der Waals surface area contributed by atoms with Crippen molar-refractivity contribution < 1.29 is 23.5 Å². The highest BCUT2D eigenvalue weighted by Crippen LogP contribution is 2.33. The second-order valence-electron chi connectivity index (χ2n) is 6.08. The summed E-state index contributed by atoms with van der Waals surface area (Å²) < 4.78 is 21.3. The number of nitrogens with zero attached hydrogens (tertiary/aromatic N) is 3. The van der Waals surface area contributed by atoms with Gasteiger partial charge in [-0.1, -0.05) is 17.3 Å². The standard InChI is InChI=1S/C18H24N4O5/c1-24-10-7-15-20-16(27-21-15)11-19-18(23)22-8-4-9-26-17-13(12-22)5-3-6-14(17)25-2/h3,5-6H,4,7-12H2,1-2H3,(H,19,23). The number of ether oxygens (including phenoxy) is 3. The summed E-state index contributed by atoms with van der Waals surface area (Å²) in [6, 6.07) is 5.48. The summed E-state index contributed by atoms with van der Waals surface area (Å²) in [4.78, 5) is 18.6. The Hall–Kier alpha value is -2.81. The molecule has 1 aromatic carbocycles. The number of hydrogen-bond acceptors (Lipinski definition) is 7. The normalized spacial score (nSPS) is 13.9. The summed E-state index contributed by atoms with van der Waals surface area (Å²) in [6.07, 6.45) is 1.30. The second kappa shape index (κ2) is 9.22. The van der Waals surface area contributed by atoms with E-state index in [9.17, 15) is 4.79 Å². The Kier molecular flexibility index (Phi) is 6.48. The molecule has 0 saturated heterocycles. The van der Waals surface area contributed by atoms with Crippen LogP contribution in [-0.2, 0) is 24.2 Å². The van der Waals surface area contributed by atoms with Gasteiger partial charge in [0.05, 0.1) is 33.4 Å². The van der Waals surface area contributed by atoms with E-state index in [0.29, 0.717) is 55.9 Å². The maximum atomic E-state index is 12.6. The van der Waals surface area contributed by atoms with E-state index in [2.05, 4.69) is 15.5 Å². The van der Waals surface area contributed by atoms with Crippen molar-refractivity contribution in [3.63, 3.8) is 0 Å². The van der Waals surface area contributed by atoms with Crippen LogP contribution in [0.5, 0.6) is 11.5 Å². The molecule has 0 aliphatic carbocycles. The molecule has 0 saturated carbocycles. The third-order valence-corrected chi connectivity index (χ3v) is 4.18. The molecule has 2 heterocycles. The van der Waals surface area contributed by atoms with Crippen molar-refractivity contribution in [3.05, 3.63) is 35.5 Å². The van der Waals surface area contributed by atoms with Gasteiger partial charge in [0.25, 0.3) is 0 Å². The van der Waals surface area contributed by atoms with Gasteiger partial charge in [-0.25, -0.2) is 4.79 Å². The van der Waals surface area contributed by atoms with E-state index in [1.165, 1.54) is 0 Å². The zero-order valence-electron chi connectivity index (χ0n) is 15.6. The number of methoxy groups -OCH3 is 2. The van der Waals surface area contributed by atoms with Crippen LogP contribution in [0.3, 0.4) is 0 Å². The quantitative estimate of drug-likeness (QED) is 0.820. The molecule has 3 rings (SSSR count). The first-order valence-corrected chi connectivity index (χ1v) is 8.83. The van der Waals surface area contributed by atoms with Crippen LogP contribution in [0.2, 0.25) is 0 Å². The smallest absolute Gasteiger partial charge is 0.318 e. The SMILES string of the molecule is COCCc1noc(CNC(=O)N2CCCOc3c(cccc3OC)C2)n1. The van der Waals surface area contributed by atoms with Crippen molar-refractivity contribution in [2.45, 2.75) is 25.9 Å². The molecule has 146 valence electrons. The molecule has 0 unspecified atom stereocenters. The number of amides is 2. The molecule has 2 aromatic rings. The van der Waals surface area contributed by atoms with E-state index in [1.54, 1.807) is 19.1 Å². The van der Waals surface area contributed by atoms with Crippen molar-refractivity contribution in [3.8, 4) is 11.5 Å². The van der Waals surface area contributed by atoms with Crippen LogP contribution in [0.25, 0.3) is 0 Å². The number of benzene rings is 1. The van der Waals surface area contributed by atoms with Crippen molar-refractivity contribution in [2.24, 2.45) is 0 Å². The molecule has 1 aromatic heterocycles. The highest BCUT2D eigenvalue weighted by atomic mass is 16.5. The van der Waals surface area contributed by atoms with Gasteiger partial charge in [0.15, 0.2) is 17.3 Å². The highest BCUT2D eigenvalue weighted by molar-refractivity contribution is 5.74. The molecule has 1 N–H and O–H groups in total. The Labute approximate surface area is 157 Å². The molecule has 27 heavy (non-hydrogen) atoms. The fourth-order valence-electron chi connectivity index (χ4n) is 2.82. The number of aromatic nitrogens is 2. The Morgan fingerprint density at radius 1 is 1.37 bits per heavy atom. The van der Waals surface area contributed by atoms with Gasteiger partial charge in [-0.05, 0) is 12.5 Å². The van der Waals surface area contributed by atoms with E-state index < -0.39 is 0 Å². The number of fused-ring (bicyclic) bond motifs is 1. The van der Waals surface area contributed by atoms with Crippen LogP contribution < -0.4 is 14.8 Å². The van der Waals surface area contributed by atoms with Gasteiger partial charge in [-0.2, -0.15) is 4.98 Å². The number of nitrogens with one attached hydrogen (secondary N) is 1. The number of rotatable bonds is 6. The minimum absolute atomic E-state index is 0.177. The molecule has 2 amide bonds. The molecule has 0 atom stereocenters. The van der Waals surface area contributed by atoms with Gasteiger partial charge in [0.2, 0.25) is 5.89 Å². The van der Waals surface area contributed by atoms with E-state index >= 15 is 0 Å². The first-order valence-electron chi connectivity index (χ1n) is 8.83. The van der Waals surface area contributed by atoms with Crippen LogP contribution >= 0.6 is 0 Å². The van der Waals surface area contributed by atoms with E-state index in [-0.39, 0.29) is 12.6 Å². The van der Waals surface area contributed by atoms with Gasteiger partial charge in [-0.15, -0.1) is 0 Å². The molecule has 0 fully saturated rings. The average Bonchev–Trinajstić information content (AvgIpc) is 3.12. The lowest BCUT2D eigenvalue weighted by Gasteiger charge is -2.27. The zero-order valence-corrected chi connectivity index (χ0v) is 15.6. The van der Waals surface area contributed by atoms with Crippen molar-refractivity contribution in [1.29, 1.82) is 0 Å². The van der Waals surface area contributed by atoms with Crippen LogP contribution in [0.4, 0.5) is 4.79 Å². The van der Waals surface area contributed by atoms with Crippen LogP contribution in [0.1, 0.15) is 23.7 Å². The number of hydrogen-bond donors (Lipinski definition) is 1. The summed E-state index contributed by atoms with van der Waals surface area (Å²) >= 11 is 0. The lowest BCUT2D eigenvalue weighted by molar-refractivity contribution is 0.178. The molecule has 9 heteroatoms. The van der Waals surface area contributed by atoms with Crippen LogP contribution in [-0.4, -0.2) is 55.0 Å². The maximum Gasteiger partial charge on any atom is 0.318 e. The summed E-state index contributed by atoms with van der Waals surface area (Å²) in [5, 5.41) is 6.69. The predicted octanol–water partition coefficient (Wildman–Crippen LogP) is 1.76. The minimum atomic E-state index is -0.192. The number of carbonyl (C=O) groups excluding carboxylic acids is 1. The van der Waals surface area contributed by atoms with E-state index in [0.717, 1.165) is 12.0 Å². The van der Waals surface area contributed by atoms with Crippen LogP contribution in [0.15, 0.2) is 22.7 Å². The van der Waals surface area contributed by atoms with E-state index in [4.69, 9.17) is 18.7 Å². The topological polar surface area (TPSA) is 99.0 Å². The summed E-state index contributed by atoms with van der Waals surface area (Å²) in [5.74, 6) is 2.29. The average molecular weight is 376 g/mol. The molecular formula is C18H24N4O5. The first kappa shape index (κ1) is 19.0. The Morgan fingerprint density at radius 2 is 2.26 bits per heavy atom. The largest absolute Gasteiger partial charge is 0.493 e. The van der Waals surface area contributed by atoms with Crippen molar-refractivity contribution in [1.82, 2.24) is 20.4 Å².